The van der Waals surface area contributed by atoms with Gasteiger partial charge in [-0.05, 0) is 54.7 Å². The van der Waals surface area contributed by atoms with Crippen LogP contribution >= 0.6 is 0 Å². The number of benzene rings is 2. The highest BCUT2D eigenvalue weighted by Crippen LogP contribution is 2.39. The molecule has 0 unspecified atom stereocenters. The number of nitrogens with zero attached hydrogens (tertiary/aromatic N) is 1. The Bertz CT molecular complexity index is 861. The summed E-state index contributed by atoms with van der Waals surface area (Å²) in [7, 11) is 0. The molecular formula is C21H21NO5. The molecule has 0 radical (unpaired) electrons. The lowest BCUT2D eigenvalue weighted by Gasteiger charge is -2.25. The summed E-state index contributed by atoms with van der Waals surface area (Å²) in [5, 5.41) is 8.96. The highest BCUT2D eigenvalue weighted by Gasteiger charge is 2.30. The van der Waals surface area contributed by atoms with Crippen molar-refractivity contribution in [1.82, 2.24) is 4.90 Å². The first-order chi connectivity index (χ1) is 13.1. The van der Waals surface area contributed by atoms with E-state index in [0.717, 1.165) is 42.0 Å². The molecule has 140 valence electrons. The third-order valence-electron chi connectivity index (χ3n) is 5.18. The number of carboxylic acids is 1. The summed E-state index contributed by atoms with van der Waals surface area (Å²) < 4.78 is 10.8. The minimum absolute atomic E-state index is 0.0707. The lowest BCUT2D eigenvalue weighted by Crippen LogP contribution is -2.30. The zero-order chi connectivity index (χ0) is 18.8. The van der Waals surface area contributed by atoms with Crippen molar-refractivity contribution in [1.29, 1.82) is 0 Å². The van der Waals surface area contributed by atoms with Crippen LogP contribution in [0.5, 0.6) is 11.5 Å². The first-order valence-electron chi connectivity index (χ1n) is 9.13. The summed E-state index contributed by atoms with van der Waals surface area (Å²) in [4.78, 5) is 25.7. The minimum atomic E-state index is -0.943. The molecule has 1 saturated heterocycles. The van der Waals surface area contributed by atoms with Crippen molar-refractivity contribution < 1.29 is 24.2 Å². The average Bonchev–Trinajstić information content (AvgIpc) is 3.34. The SMILES string of the molecule is O=C(O)c1ccc(CCC(=O)N2CCC[C@@H]2c2ccc3c(c2)OCO3)cc1. The van der Waals surface area contributed by atoms with Crippen LogP contribution in [0.15, 0.2) is 42.5 Å². The van der Waals surface area contributed by atoms with Gasteiger partial charge in [0, 0.05) is 13.0 Å². The summed E-state index contributed by atoms with van der Waals surface area (Å²) in [6.45, 7) is 1.00. The number of ether oxygens (including phenoxy) is 2. The van der Waals surface area contributed by atoms with Crippen LogP contribution in [0.4, 0.5) is 0 Å². The van der Waals surface area contributed by atoms with Crippen molar-refractivity contribution in [3.63, 3.8) is 0 Å². The van der Waals surface area contributed by atoms with E-state index in [1.807, 2.05) is 23.1 Å². The Kier molecular flexibility index (Phi) is 4.71. The summed E-state index contributed by atoms with van der Waals surface area (Å²) >= 11 is 0. The molecule has 2 aliphatic rings. The molecule has 2 heterocycles. The van der Waals surface area contributed by atoms with Gasteiger partial charge in [0.1, 0.15) is 0 Å². The Hall–Kier alpha value is -3.02. The summed E-state index contributed by atoms with van der Waals surface area (Å²) in [6.07, 6.45) is 2.94. The topological polar surface area (TPSA) is 76.1 Å². The first-order valence-corrected chi connectivity index (χ1v) is 9.13. The van der Waals surface area contributed by atoms with E-state index in [-0.39, 0.29) is 24.3 Å². The normalized spacial score (nSPS) is 17.9. The molecule has 2 aliphatic heterocycles. The molecule has 6 nitrogen and oxygen atoms in total. The van der Waals surface area contributed by atoms with E-state index >= 15 is 0 Å². The molecule has 27 heavy (non-hydrogen) atoms. The number of carbonyl (C=O) groups is 2. The van der Waals surface area contributed by atoms with Gasteiger partial charge in [0.25, 0.3) is 0 Å². The van der Waals surface area contributed by atoms with Crippen LogP contribution in [0, 0.1) is 0 Å². The van der Waals surface area contributed by atoms with Gasteiger partial charge < -0.3 is 19.5 Å². The number of rotatable bonds is 5. The maximum Gasteiger partial charge on any atom is 0.335 e. The molecule has 2 aromatic carbocycles. The Balaban J connectivity index is 1.41. The van der Waals surface area contributed by atoms with Crippen LogP contribution in [-0.4, -0.2) is 35.2 Å². The number of carbonyl (C=O) groups excluding carboxylic acids is 1. The van der Waals surface area contributed by atoms with Gasteiger partial charge in [0.05, 0.1) is 11.6 Å². The number of amides is 1. The zero-order valence-corrected chi connectivity index (χ0v) is 14.9. The summed E-state index contributed by atoms with van der Waals surface area (Å²) in [5.41, 5.74) is 2.30. The van der Waals surface area contributed by atoms with Gasteiger partial charge in [0.15, 0.2) is 11.5 Å². The van der Waals surface area contributed by atoms with Crippen LogP contribution in [-0.2, 0) is 11.2 Å². The highest BCUT2D eigenvalue weighted by atomic mass is 16.7. The Morgan fingerprint density at radius 1 is 1.07 bits per heavy atom. The lowest BCUT2D eigenvalue weighted by atomic mass is 10.0. The molecule has 0 bridgehead atoms. The molecule has 1 N–H and O–H groups in total. The molecule has 0 spiro atoms. The van der Waals surface area contributed by atoms with Crippen molar-refractivity contribution >= 4 is 11.9 Å². The molecule has 0 aliphatic carbocycles. The molecule has 0 aromatic heterocycles. The molecule has 4 rings (SSSR count). The smallest absolute Gasteiger partial charge is 0.335 e. The minimum Gasteiger partial charge on any atom is -0.478 e. The fourth-order valence-electron chi connectivity index (χ4n) is 3.74. The molecule has 2 aromatic rings. The number of carboxylic acid groups (broad SMARTS) is 1. The number of hydrogen-bond donors (Lipinski definition) is 1. The molecule has 6 heteroatoms. The van der Waals surface area contributed by atoms with Crippen LogP contribution < -0.4 is 9.47 Å². The standard InChI is InChI=1S/C21H21NO5/c23-20(10-5-14-3-6-15(7-4-14)21(24)25)22-11-1-2-17(22)16-8-9-18-19(12-16)27-13-26-18/h3-4,6-9,12,17H,1-2,5,10-11,13H2,(H,24,25)/t17-/m1/s1. The van der Waals surface area contributed by atoms with Gasteiger partial charge in [-0.1, -0.05) is 18.2 Å². The second-order valence-electron chi connectivity index (χ2n) is 6.86. The monoisotopic (exact) mass is 367 g/mol. The van der Waals surface area contributed by atoms with Crippen molar-refractivity contribution in [2.45, 2.75) is 31.7 Å². The number of likely N-dealkylation sites (tertiary alicyclic amines) is 1. The quantitative estimate of drug-likeness (QED) is 0.876. The van der Waals surface area contributed by atoms with E-state index in [1.54, 1.807) is 24.3 Å². The largest absolute Gasteiger partial charge is 0.478 e. The Morgan fingerprint density at radius 2 is 1.85 bits per heavy atom. The van der Waals surface area contributed by atoms with Gasteiger partial charge in [-0.3, -0.25) is 4.79 Å². The van der Waals surface area contributed by atoms with Crippen molar-refractivity contribution in [3.05, 3.63) is 59.2 Å². The molecule has 1 atom stereocenters. The highest BCUT2D eigenvalue weighted by molar-refractivity contribution is 5.87. The lowest BCUT2D eigenvalue weighted by molar-refractivity contribution is -0.132. The van der Waals surface area contributed by atoms with E-state index in [9.17, 15) is 9.59 Å². The van der Waals surface area contributed by atoms with Gasteiger partial charge in [0.2, 0.25) is 12.7 Å². The van der Waals surface area contributed by atoms with Crippen LogP contribution in [0.25, 0.3) is 0 Å². The maximum atomic E-state index is 12.8. The Labute approximate surface area is 157 Å². The second kappa shape index (κ2) is 7.31. The van der Waals surface area contributed by atoms with Crippen molar-refractivity contribution in [2.75, 3.05) is 13.3 Å². The van der Waals surface area contributed by atoms with E-state index in [4.69, 9.17) is 14.6 Å². The van der Waals surface area contributed by atoms with Gasteiger partial charge in [-0.25, -0.2) is 4.79 Å². The second-order valence-corrected chi connectivity index (χ2v) is 6.86. The van der Waals surface area contributed by atoms with Gasteiger partial charge in [-0.2, -0.15) is 0 Å². The fourth-order valence-corrected chi connectivity index (χ4v) is 3.74. The van der Waals surface area contributed by atoms with E-state index < -0.39 is 5.97 Å². The number of aryl methyl sites for hydroxylation is 1. The van der Waals surface area contributed by atoms with Gasteiger partial charge >= 0.3 is 5.97 Å². The van der Waals surface area contributed by atoms with Crippen LogP contribution in [0.3, 0.4) is 0 Å². The predicted molar refractivity (Wildman–Crippen MR) is 98.0 cm³/mol. The summed E-state index contributed by atoms with van der Waals surface area (Å²) in [5.74, 6) is 0.670. The number of hydrogen-bond acceptors (Lipinski definition) is 4. The molecule has 0 saturated carbocycles. The molecule has 1 fully saturated rings. The number of fused-ring (bicyclic) bond motifs is 1. The molecular weight excluding hydrogens is 346 g/mol. The predicted octanol–water partition coefficient (Wildman–Crippen LogP) is 3.41. The van der Waals surface area contributed by atoms with Crippen molar-refractivity contribution in [3.8, 4) is 11.5 Å². The Morgan fingerprint density at radius 3 is 2.63 bits per heavy atom. The third-order valence-corrected chi connectivity index (χ3v) is 5.18. The van der Waals surface area contributed by atoms with E-state index in [2.05, 4.69) is 0 Å². The third kappa shape index (κ3) is 3.60. The molecule has 1 amide bonds. The maximum absolute atomic E-state index is 12.8. The van der Waals surface area contributed by atoms with E-state index in [0.29, 0.717) is 12.8 Å². The summed E-state index contributed by atoms with van der Waals surface area (Å²) in [6, 6.07) is 12.7. The van der Waals surface area contributed by atoms with Crippen LogP contribution in [0.2, 0.25) is 0 Å². The number of aromatic carboxylic acids is 1. The van der Waals surface area contributed by atoms with Gasteiger partial charge in [-0.15, -0.1) is 0 Å². The zero-order valence-electron chi connectivity index (χ0n) is 14.9. The first kappa shape index (κ1) is 17.4. The fraction of sp³-hybridized carbons (Fsp3) is 0.333. The average molecular weight is 367 g/mol. The van der Waals surface area contributed by atoms with E-state index in [1.165, 1.54) is 0 Å². The van der Waals surface area contributed by atoms with Crippen LogP contribution in [0.1, 0.15) is 46.8 Å². The van der Waals surface area contributed by atoms with Crippen molar-refractivity contribution in [2.24, 2.45) is 0 Å².